The number of amides is 2. The first kappa shape index (κ1) is 24.0. The van der Waals surface area contributed by atoms with E-state index in [1.54, 1.807) is 30.3 Å². The summed E-state index contributed by atoms with van der Waals surface area (Å²) in [7, 11) is 1.48. The minimum atomic E-state index is -1.49. The number of hydrogen-bond donors (Lipinski definition) is 2. The third kappa shape index (κ3) is 5.31. The fourth-order valence-electron chi connectivity index (χ4n) is 3.82. The number of aromatic amines is 1. The second-order valence-electron chi connectivity index (χ2n) is 7.88. The number of hydrogen-bond acceptors (Lipinski definition) is 5. The van der Waals surface area contributed by atoms with Crippen molar-refractivity contribution in [3.63, 3.8) is 0 Å². The lowest BCUT2D eigenvalue weighted by Crippen LogP contribution is -2.49. The van der Waals surface area contributed by atoms with E-state index in [0.29, 0.717) is 27.2 Å². The number of H-pyrrole nitrogens is 1. The maximum atomic E-state index is 14.9. The Morgan fingerprint density at radius 1 is 1.29 bits per heavy atom. The van der Waals surface area contributed by atoms with E-state index >= 15 is 0 Å². The molecule has 11 heteroatoms. The maximum absolute atomic E-state index is 14.9. The lowest BCUT2D eigenvalue weighted by atomic mass is 9.93. The first-order valence-electron chi connectivity index (χ1n) is 10.6. The van der Waals surface area contributed by atoms with Gasteiger partial charge >= 0.3 is 0 Å². The lowest BCUT2D eigenvalue weighted by Gasteiger charge is -2.33. The third-order valence-corrected chi connectivity index (χ3v) is 6.18. The zero-order valence-electron chi connectivity index (χ0n) is 18.2. The third-order valence-electron chi connectivity index (χ3n) is 5.65. The molecule has 2 N–H and O–H groups in total. The van der Waals surface area contributed by atoms with Crippen molar-refractivity contribution in [2.45, 2.75) is 19.1 Å². The Morgan fingerprint density at radius 2 is 2.12 bits per heavy atom. The van der Waals surface area contributed by atoms with E-state index in [4.69, 9.17) is 27.9 Å². The molecule has 0 bridgehead atoms. The van der Waals surface area contributed by atoms with Crippen LogP contribution in [0.3, 0.4) is 0 Å². The fraction of sp³-hybridized carbons (Fsp3) is 0.304. The van der Waals surface area contributed by atoms with Crippen molar-refractivity contribution in [3.05, 3.63) is 63.9 Å². The molecule has 178 valence electrons. The van der Waals surface area contributed by atoms with Crippen LogP contribution in [0.2, 0.25) is 10.0 Å². The number of rotatable bonds is 6. The van der Waals surface area contributed by atoms with Gasteiger partial charge in [0.2, 0.25) is 11.8 Å². The molecule has 1 aliphatic rings. The van der Waals surface area contributed by atoms with E-state index in [0.717, 1.165) is 5.56 Å². The molecule has 1 saturated heterocycles. The van der Waals surface area contributed by atoms with E-state index in [-0.39, 0.29) is 37.7 Å². The number of carbonyl (C=O) groups excluding carboxylic acids is 2. The molecule has 2 atom stereocenters. The maximum Gasteiger partial charge on any atom is 0.274 e. The van der Waals surface area contributed by atoms with Crippen LogP contribution in [-0.4, -0.2) is 58.3 Å². The summed E-state index contributed by atoms with van der Waals surface area (Å²) in [6.07, 6.45) is 0.154. The van der Waals surface area contributed by atoms with Gasteiger partial charge in [-0.15, -0.1) is 0 Å². The van der Waals surface area contributed by atoms with Crippen molar-refractivity contribution in [1.82, 2.24) is 25.4 Å². The highest BCUT2D eigenvalue weighted by Crippen LogP contribution is 2.29. The van der Waals surface area contributed by atoms with Crippen LogP contribution in [0.15, 0.2) is 42.6 Å². The van der Waals surface area contributed by atoms with E-state index in [9.17, 15) is 14.0 Å². The highest BCUT2D eigenvalue weighted by Gasteiger charge is 2.36. The summed E-state index contributed by atoms with van der Waals surface area (Å²) < 4.78 is 20.0. The summed E-state index contributed by atoms with van der Waals surface area (Å²) in [5.74, 6) is -1.29. The van der Waals surface area contributed by atoms with Gasteiger partial charge in [0.1, 0.15) is 6.17 Å². The Kier molecular flexibility index (Phi) is 7.33. The van der Waals surface area contributed by atoms with Crippen molar-refractivity contribution in [2.24, 2.45) is 5.92 Å². The minimum absolute atomic E-state index is 0.123. The molecule has 0 spiro atoms. The molecule has 0 radical (unpaired) electrons. The number of piperidine rings is 1. The molecule has 1 aromatic carbocycles. The quantitative estimate of drug-likeness (QED) is 0.528. The van der Waals surface area contributed by atoms with Crippen LogP contribution in [0.5, 0.6) is 5.88 Å². The molecule has 8 nitrogen and oxygen atoms in total. The number of nitrogens with zero attached hydrogens (tertiary/aromatic N) is 3. The van der Waals surface area contributed by atoms with Crippen LogP contribution in [0, 0.1) is 5.92 Å². The normalized spacial score (nSPS) is 17.9. The zero-order valence-corrected chi connectivity index (χ0v) is 19.7. The Balaban J connectivity index is 1.37. The van der Waals surface area contributed by atoms with Gasteiger partial charge in [0.05, 0.1) is 36.5 Å². The number of alkyl halides is 1. The first-order valence-corrected chi connectivity index (χ1v) is 11.3. The molecule has 2 unspecified atom stereocenters. The average molecular weight is 506 g/mol. The summed E-state index contributed by atoms with van der Waals surface area (Å²) >= 11 is 12.2. The molecule has 3 heterocycles. The second-order valence-corrected chi connectivity index (χ2v) is 8.73. The number of methoxy groups -OCH3 is 1. The van der Waals surface area contributed by atoms with E-state index in [2.05, 4.69) is 20.5 Å². The molecule has 0 aliphatic carbocycles. The molecule has 1 fully saturated rings. The van der Waals surface area contributed by atoms with Gasteiger partial charge in [-0.05, 0) is 30.2 Å². The van der Waals surface area contributed by atoms with Gasteiger partial charge in [-0.2, -0.15) is 5.10 Å². The molecule has 2 amide bonds. The predicted molar refractivity (Wildman–Crippen MR) is 126 cm³/mol. The Bertz CT molecular complexity index is 1200. The number of nitrogens with one attached hydrogen (secondary N) is 2. The molecule has 0 saturated carbocycles. The Hall–Kier alpha value is -3.17. The van der Waals surface area contributed by atoms with Gasteiger partial charge in [-0.1, -0.05) is 35.3 Å². The smallest absolute Gasteiger partial charge is 0.274 e. The number of pyridine rings is 1. The van der Waals surface area contributed by atoms with Crippen LogP contribution in [0.25, 0.3) is 11.3 Å². The molecule has 3 aromatic rings. The van der Waals surface area contributed by atoms with Crippen molar-refractivity contribution in [3.8, 4) is 17.1 Å². The van der Waals surface area contributed by atoms with Gasteiger partial charge in [0, 0.05) is 29.7 Å². The number of aromatic nitrogens is 3. The number of benzene rings is 1. The summed E-state index contributed by atoms with van der Waals surface area (Å²) in [5, 5.41) is 10.5. The van der Waals surface area contributed by atoms with Crippen LogP contribution >= 0.6 is 23.2 Å². The lowest BCUT2D eigenvalue weighted by molar-refractivity contribution is -0.129. The summed E-state index contributed by atoms with van der Waals surface area (Å²) in [6, 6.07) is 10.2. The first-order chi connectivity index (χ1) is 16.4. The highest BCUT2D eigenvalue weighted by atomic mass is 35.5. The van der Waals surface area contributed by atoms with Gasteiger partial charge in [-0.25, -0.2) is 9.37 Å². The van der Waals surface area contributed by atoms with Crippen LogP contribution < -0.4 is 10.1 Å². The highest BCUT2D eigenvalue weighted by molar-refractivity contribution is 6.33. The van der Waals surface area contributed by atoms with Gasteiger partial charge in [-0.3, -0.25) is 14.7 Å². The number of ether oxygens (including phenoxy) is 1. The number of likely N-dealkylation sites (tertiary alicyclic amines) is 1. The SMILES string of the molecule is COc1cc(-c2cc(C(=O)N3CCC(C(=O)NCc4cccc(Cl)c4)C(F)C3)n[nH]2)c(Cl)cn1. The van der Waals surface area contributed by atoms with Gasteiger partial charge < -0.3 is 15.0 Å². The van der Waals surface area contributed by atoms with E-state index < -0.39 is 18.0 Å². The van der Waals surface area contributed by atoms with Gasteiger partial charge in [0.25, 0.3) is 5.91 Å². The largest absolute Gasteiger partial charge is 0.481 e. The Labute approximate surface area is 205 Å². The van der Waals surface area contributed by atoms with Crippen molar-refractivity contribution >= 4 is 35.0 Å². The number of carbonyl (C=O) groups is 2. The van der Waals surface area contributed by atoms with Crippen molar-refractivity contribution in [2.75, 3.05) is 20.2 Å². The summed E-state index contributed by atoms with van der Waals surface area (Å²) in [5.41, 5.74) is 2.02. The van der Waals surface area contributed by atoms with E-state index in [1.165, 1.54) is 18.2 Å². The summed E-state index contributed by atoms with van der Waals surface area (Å²) in [4.78, 5) is 30.8. The molecular formula is C23H22Cl2FN5O3. The monoisotopic (exact) mass is 505 g/mol. The molecule has 34 heavy (non-hydrogen) atoms. The second kappa shape index (κ2) is 10.4. The van der Waals surface area contributed by atoms with Crippen LogP contribution in [0.4, 0.5) is 4.39 Å². The standard InChI is InChI=1S/C23H22Cl2FN5O3/c1-34-21-8-16(17(25)11-27-21)19-9-20(30-29-19)23(33)31-6-5-15(18(26)12-31)22(32)28-10-13-3-2-4-14(24)7-13/h2-4,7-9,11,15,18H,5-6,10,12H2,1H3,(H,28,32)(H,29,30). The van der Waals surface area contributed by atoms with Crippen LogP contribution in [-0.2, 0) is 11.3 Å². The molecule has 1 aliphatic heterocycles. The molecular weight excluding hydrogens is 484 g/mol. The molecule has 4 rings (SSSR count). The van der Waals surface area contributed by atoms with Crippen molar-refractivity contribution in [1.29, 1.82) is 0 Å². The summed E-state index contributed by atoms with van der Waals surface area (Å²) in [6.45, 7) is 0.296. The topological polar surface area (TPSA) is 100 Å². The predicted octanol–water partition coefficient (Wildman–Crippen LogP) is 3.90. The van der Waals surface area contributed by atoms with Crippen LogP contribution in [0.1, 0.15) is 22.5 Å². The Morgan fingerprint density at radius 3 is 2.85 bits per heavy atom. The zero-order chi connectivity index (χ0) is 24.2. The minimum Gasteiger partial charge on any atom is -0.481 e. The number of halogens is 3. The van der Waals surface area contributed by atoms with E-state index in [1.807, 2.05) is 6.07 Å². The molecule has 2 aromatic heterocycles. The average Bonchev–Trinajstić information content (AvgIpc) is 3.32. The fourth-order valence-corrected chi connectivity index (χ4v) is 4.24. The van der Waals surface area contributed by atoms with Crippen molar-refractivity contribution < 1.29 is 18.7 Å². The van der Waals surface area contributed by atoms with Gasteiger partial charge in [0.15, 0.2) is 5.69 Å².